The van der Waals surface area contributed by atoms with Crippen molar-refractivity contribution in [3.63, 3.8) is 0 Å². The SMILES string of the molecule is O=C1CCc2ccc(N3OCO3)cc2N1c1ccccc1. The van der Waals surface area contributed by atoms with Gasteiger partial charge in [-0.3, -0.25) is 9.69 Å². The second-order valence-corrected chi connectivity index (χ2v) is 5.01. The number of fused-ring (bicyclic) bond motifs is 1. The van der Waals surface area contributed by atoms with Crippen molar-refractivity contribution in [3.05, 3.63) is 54.1 Å². The fraction of sp³-hybridized carbons (Fsp3) is 0.188. The molecular formula is C16H14N2O3. The summed E-state index contributed by atoms with van der Waals surface area (Å²) in [5, 5.41) is 1.36. The monoisotopic (exact) mass is 282 g/mol. The molecule has 1 fully saturated rings. The number of hydrogen-bond acceptors (Lipinski definition) is 4. The summed E-state index contributed by atoms with van der Waals surface area (Å²) in [5.41, 5.74) is 3.72. The highest BCUT2D eigenvalue weighted by molar-refractivity contribution is 6.03. The summed E-state index contributed by atoms with van der Waals surface area (Å²) in [6.45, 7) is 0.262. The molecule has 0 radical (unpaired) electrons. The number of para-hydroxylation sites is 1. The fourth-order valence-electron chi connectivity index (χ4n) is 2.69. The van der Waals surface area contributed by atoms with Gasteiger partial charge in [-0.2, -0.15) is 0 Å². The van der Waals surface area contributed by atoms with Crippen LogP contribution in [0.4, 0.5) is 17.1 Å². The Morgan fingerprint density at radius 3 is 2.43 bits per heavy atom. The Kier molecular flexibility index (Phi) is 2.87. The number of amides is 1. The zero-order valence-electron chi connectivity index (χ0n) is 11.4. The van der Waals surface area contributed by atoms with E-state index in [1.54, 1.807) is 4.90 Å². The summed E-state index contributed by atoms with van der Waals surface area (Å²) in [5.74, 6) is 0.108. The van der Waals surface area contributed by atoms with E-state index in [-0.39, 0.29) is 12.7 Å². The molecule has 4 rings (SSSR count). The van der Waals surface area contributed by atoms with E-state index >= 15 is 0 Å². The minimum Gasteiger partial charge on any atom is -0.281 e. The van der Waals surface area contributed by atoms with Gasteiger partial charge < -0.3 is 0 Å². The Labute approximate surface area is 122 Å². The third kappa shape index (κ3) is 2.07. The number of hydrogen-bond donors (Lipinski definition) is 0. The minimum atomic E-state index is 0.108. The number of carbonyl (C=O) groups is 1. The Hall–Kier alpha value is -2.37. The lowest BCUT2D eigenvalue weighted by Gasteiger charge is -2.33. The second-order valence-electron chi connectivity index (χ2n) is 5.01. The van der Waals surface area contributed by atoms with Crippen LogP contribution in [0, 0.1) is 0 Å². The highest BCUT2D eigenvalue weighted by atomic mass is 17.1. The molecule has 0 aliphatic carbocycles. The molecule has 106 valence electrons. The molecule has 2 aliphatic rings. The second kappa shape index (κ2) is 4.87. The van der Waals surface area contributed by atoms with Gasteiger partial charge in [-0.25, -0.2) is 9.68 Å². The predicted molar refractivity (Wildman–Crippen MR) is 77.9 cm³/mol. The van der Waals surface area contributed by atoms with E-state index in [9.17, 15) is 4.79 Å². The van der Waals surface area contributed by atoms with E-state index in [4.69, 9.17) is 9.68 Å². The Balaban J connectivity index is 1.80. The van der Waals surface area contributed by atoms with Crippen LogP contribution in [0.15, 0.2) is 48.5 Å². The molecule has 2 heterocycles. The van der Waals surface area contributed by atoms with Crippen LogP contribution in [-0.4, -0.2) is 12.7 Å². The first kappa shape index (κ1) is 12.4. The first-order valence-electron chi connectivity index (χ1n) is 6.90. The van der Waals surface area contributed by atoms with E-state index in [2.05, 4.69) is 0 Å². The highest BCUT2D eigenvalue weighted by Gasteiger charge is 2.27. The van der Waals surface area contributed by atoms with Crippen LogP contribution in [0.1, 0.15) is 12.0 Å². The third-order valence-corrected chi connectivity index (χ3v) is 3.73. The number of carbonyl (C=O) groups excluding carboxylic acids is 1. The van der Waals surface area contributed by atoms with Gasteiger partial charge in [-0.15, -0.1) is 5.23 Å². The van der Waals surface area contributed by atoms with Crippen molar-refractivity contribution in [2.45, 2.75) is 12.8 Å². The molecule has 1 saturated heterocycles. The molecule has 1 amide bonds. The van der Waals surface area contributed by atoms with Gasteiger partial charge in [-0.1, -0.05) is 24.3 Å². The predicted octanol–water partition coefficient (Wildman–Crippen LogP) is 2.94. The zero-order valence-corrected chi connectivity index (χ0v) is 11.4. The lowest BCUT2D eigenvalue weighted by molar-refractivity contribution is -0.277. The van der Waals surface area contributed by atoms with Crippen LogP contribution in [0.5, 0.6) is 0 Å². The topological polar surface area (TPSA) is 42.0 Å². The molecule has 2 aromatic rings. The molecule has 5 nitrogen and oxygen atoms in total. The van der Waals surface area contributed by atoms with Gasteiger partial charge in [0.15, 0.2) is 0 Å². The van der Waals surface area contributed by atoms with Crippen molar-refractivity contribution in [2.24, 2.45) is 0 Å². The smallest absolute Gasteiger partial charge is 0.231 e. The first-order chi connectivity index (χ1) is 10.3. The van der Waals surface area contributed by atoms with Crippen molar-refractivity contribution < 1.29 is 14.5 Å². The maximum atomic E-state index is 12.4. The molecule has 5 heteroatoms. The fourth-order valence-corrected chi connectivity index (χ4v) is 2.69. The number of benzene rings is 2. The van der Waals surface area contributed by atoms with Crippen LogP contribution in [0.2, 0.25) is 0 Å². The van der Waals surface area contributed by atoms with Crippen LogP contribution in [-0.2, 0) is 20.9 Å². The largest absolute Gasteiger partial charge is 0.281 e. The molecule has 0 bridgehead atoms. The summed E-state index contributed by atoms with van der Waals surface area (Å²) in [6, 6.07) is 15.6. The van der Waals surface area contributed by atoms with Crippen molar-refractivity contribution in [1.29, 1.82) is 0 Å². The van der Waals surface area contributed by atoms with Gasteiger partial charge >= 0.3 is 0 Å². The molecule has 0 aromatic heterocycles. The maximum absolute atomic E-state index is 12.4. The first-order valence-corrected chi connectivity index (χ1v) is 6.90. The molecule has 2 aliphatic heterocycles. The van der Waals surface area contributed by atoms with Crippen LogP contribution in [0.25, 0.3) is 0 Å². The number of nitrogens with zero attached hydrogens (tertiary/aromatic N) is 2. The van der Waals surface area contributed by atoms with E-state index in [1.807, 2.05) is 48.5 Å². The Bertz CT molecular complexity index is 683. The van der Waals surface area contributed by atoms with Gasteiger partial charge in [0.1, 0.15) is 0 Å². The summed E-state index contributed by atoms with van der Waals surface area (Å²) in [4.78, 5) is 24.5. The van der Waals surface area contributed by atoms with E-state index in [0.717, 1.165) is 29.0 Å². The van der Waals surface area contributed by atoms with Gasteiger partial charge in [0.25, 0.3) is 0 Å². The lowest BCUT2D eigenvalue weighted by atomic mass is 10.00. The van der Waals surface area contributed by atoms with Crippen molar-refractivity contribution >= 4 is 23.0 Å². The zero-order chi connectivity index (χ0) is 14.2. The van der Waals surface area contributed by atoms with E-state index in [1.165, 1.54) is 5.23 Å². The Morgan fingerprint density at radius 1 is 0.905 bits per heavy atom. The van der Waals surface area contributed by atoms with E-state index in [0.29, 0.717) is 6.42 Å². The average molecular weight is 282 g/mol. The molecule has 0 unspecified atom stereocenters. The summed E-state index contributed by atoms with van der Waals surface area (Å²) < 4.78 is 0. The summed E-state index contributed by atoms with van der Waals surface area (Å²) in [6.07, 6.45) is 1.29. The molecule has 0 saturated carbocycles. The standard InChI is InChI=1S/C16H14N2O3/c19-16-9-7-12-6-8-14(18-20-11-21-18)10-15(12)17(16)13-4-2-1-3-5-13/h1-6,8,10H,7,9,11H2. The van der Waals surface area contributed by atoms with Gasteiger partial charge in [0.05, 0.1) is 11.4 Å². The van der Waals surface area contributed by atoms with Gasteiger partial charge in [-0.05, 0) is 36.2 Å². The number of aryl methyl sites for hydroxylation is 1. The normalized spacial score (nSPS) is 17.4. The highest BCUT2D eigenvalue weighted by Crippen LogP contribution is 2.37. The molecule has 0 atom stereocenters. The third-order valence-electron chi connectivity index (χ3n) is 3.73. The molecule has 21 heavy (non-hydrogen) atoms. The molecule has 0 spiro atoms. The van der Waals surface area contributed by atoms with Crippen molar-refractivity contribution in [3.8, 4) is 0 Å². The quantitative estimate of drug-likeness (QED) is 0.849. The molecule has 0 N–H and O–H groups in total. The summed E-state index contributed by atoms with van der Waals surface area (Å²) in [7, 11) is 0. The number of anilines is 3. The molecule has 2 aromatic carbocycles. The molecular weight excluding hydrogens is 268 g/mol. The number of rotatable bonds is 2. The average Bonchev–Trinajstić information content (AvgIpc) is 2.46. The van der Waals surface area contributed by atoms with Gasteiger partial charge in [0.2, 0.25) is 12.7 Å². The van der Waals surface area contributed by atoms with Crippen LogP contribution in [0.3, 0.4) is 0 Å². The van der Waals surface area contributed by atoms with Gasteiger partial charge in [0, 0.05) is 12.1 Å². The van der Waals surface area contributed by atoms with Crippen molar-refractivity contribution in [1.82, 2.24) is 0 Å². The van der Waals surface area contributed by atoms with Crippen LogP contribution >= 0.6 is 0 Å². The Morgan fingerprint density at radius 2 is 1.71 bits per heavy atom. The van der Waals surface area contributed by atoms with E-state index < -0.39 is 0 Å². The van der Waals surface area contributed by atoms with Crippen LogP contribution < -0.4 is 10.1 Å². The minimum absolute atomic E-state index is 0.108. The summed E-state index contributed by atoms with van der Waals surface area (Å²) >= 11 is 0. The maximum Gasteiger partial charge on any atom is 0.231 e. The van der Waals surface area contributed by atoms with Crippen molar-refractivity contribution in [2.75, 3.05) is 16.9 Å². The lowest BCUT2D eigenvalue weighted by Crippen LogP contribution is -2.37.